The predicted octanol–water partition coefficient (Wildman–Crippen LogP) is 5.16. The number of amides is 1. The van der Waals surface area contributed by atoms with Gasteiger partial charge >= 0.3 is 12.5 Å². The molecular weight excluding hydrogens is 446 g/mol. The molecule has 0 saturated carbocycles. The molecule has 4 rings (SSSR count). The van der Waals surface area contributed by atoms with E-state index in [2.05, 4.69) is 20.1 Å². The normalized spacial score (nSPS) is 12.2. The molecule has 0 saturated heterocycles. The molecule has 0 atom stereocenters. The number of rotatable bonds is 4. The minimum Gasteiger partial charge on any atom is -0.463 e. The Hall–Kier alpha value is -4.03. The predicted molar refractivity (Wildman–Crippen MR) is 96.8 cm³/mol. The number of alkyl halides is 6. The highest BCUT2D eigenvalue weighted by Crippen LogP contribution is 2.33. The van der Waals surface area contributed by atoms with Crippen LogP contribution in [0.25, 0.3) is 17.1 Å². The van der Waals surface area contributed by atoms with Crippen LogP contribution >= 0.6 is 0 Å². The number of anilines is 1. The Morgan fingerprint density at radius 1 is 1.06 bits per heavy atom. The van der Waals surface area contributed by atoms with Gasteiger partial charge in [-0.3, -0.25) is 4.79 Å². The average molecular weight is 456 g/mol. The second-order valence-corrected chi connectivity index (χ2v) is 6.32. The lowest BCUT2D eigenvalue weighted by Crippen LogP contribution is -2.17. The number of ether oxygens (including phenoxy) is 1. The van der Waals surface area contributed by atoms with E-state index < -0.39 is 29.9 Å². The number of carbonyl (C=O) groups excluding carboxylic acids is 1. The van der Waals surface area contributed by atoms with Gasteiger partial charge in [0.05, 0.1) is 12.5 Å². The smallest absolute Gasteiger partial charge is 0.463 e. The Morgan fingerprint density at radius 3 is 2.38 bits per heavy atom. The lowest BCUT2D eigenvalue weighted by molar-refractivity contribution is -0.274. The Balaban J connectivity index is 1.68. The van der Waals surface area contributed by atoms with Crippen molar-refractivity contribution in [2.24, 2.45) is 0 Å². The summed E-state index contributed by atoms with van der Waals surface area (Å²) in [6.07, 6.45) is -7.53. The van der Waals surface area contributed by atoms with E-state index in [9.17, 15) is 31.1 Å². The number of fused-ring (bicyclic) bond motifs is 1. The van der Waals surface area contributed by atoms with Crippen LogP contribution in [0.4, 0.5) is 32.0 Å². The highest BCUT2D eigenvalue weighted by Gasteiger charge is 2.36. The fraction of sp³-hybridized carbons (Fsp3) is 0.105. The quantitative estimate of drug-likeness (QED) is 0.429. The molecule has 0 fully saturated rings. The number of halogens is 6. The van der Waals surface area contributed by atoms with Crippen LogP contribution in [-0.4, -0.2) is 26.9 Å². The molecule has 13 heteroatoms. The summed E-state index contributed by atoms with van der Waals surface area (Å²) >= 11 is 0. The van der Waals surface area contributed by atoms with Gasteiger partial charge in [-0.05, 0) is 42.5 Å². The SMILES string of the molecule is O=C(Nc1ccc(OC(F)(F)F)cc1)c1cnn2c(C(F)(F)F)cc(-c3ccco3)nc12. The average Bonchev–Trinajstić information content (AvgIpc) is 3.36. The minimum atomic E-state index is -4.88. The summed E-state index contributed by atoms with van der Waals surface area (Å²) in [6, 6.07) is 7.80. The highest BCUT2D eigenvalue weighted by atomic mass is 19.4. The van der Waals surface area contributed by atoms with Crippen molar-refractivity contribution in [1.29, 1.82) is 0 Å². The molecule has 0 aliphatic rings. The molecule has 0 bridgehead atoms. The molecule has 1 amide bonds. The Morgan fingerprint density at radius 2 is 1.78 bits per heavy atom. The van der Waals surface area contributed by atoms with Gasteiger partial charge in [0.25, 0.3) is 5.91 Å². The topological polar surface area (TPSA) is 81.7 Å². The maximum atomic E-state index is 13.5. The Kier molecular flexibility index (Phi) is 5.03. The first-order valence-electron chi connectivity index (χ1n) is 8.68. The van der Waals surface area contributed by atoms with Crippen LogP contribution in [0.2, 0.25) is 0 Å². The molecule has 4 aromatic rings. The van der Waals surface area contributed by atoms with Crippen molar-refractivity contribution in [2.45, 2.75) is 12.5 Å². The van der Waals surface area contributed by atoms with Crippen LogP contribution in [0.5, 0.6) is 5.75 Å². The van der Waals surface area contributed by atoms with Crippen molar-refractivity contribution in [3.05, 3.63) is 66.2 Å². The first-order valence-corrected chi connectivity index (χ1v) is 8.68. The highest BCUT2D eigenvalue weighted by molar-refractivity contribution is 6.08. The van der Waals surface area contributed by atoms with Crippen LogP contribution in [0, 0.1) is 0 Å². The molecule has 32 heavy (non-hydrogen) atoms. The zero-order valence-electron chi connectivity index (χ0n) is 15.5. The third kappa shape index (κ3) is 4.36. The summed E-state index contributed by atoms with van der Waals surface area (Å²) in [5, 5.41) is 5.99. The van der Waals surface area contributed by atoms with Crippen LogP contribution in [-0.2, 0) is 6.18 Å². The molecule has 3 heterocycles. The van der Waals surface area contributed by atoms with Gasteiger partial charge in [0.2, 0.25) is 0 Å². The first-order chi connectivity index (χ1) is 15.0. The second kappa shape index (κ2) is 7.59. The molecule has 0 radical (unpaired) electrons. The van der Waals surface area contributed by atoms with Crippen LogP contribution in [0.3, 0.4) is 0 Å². The minimum absolute atomic E-state index is 0.0470. The van der Waals surface area contributed by atoms with Crippen molar-refractivity contribution in [3.8, 4) is 17.2 Å². The van der Waals surface area contributed by atoms with Crippen LogP contribution < -0.4 is 10.1 Å². The van der Waals surface area contributed by atoms with Gasteiger partial charge in [0.15, 0.2) is 17.1 Å². The molecule has 1 N–H and O–H groups in total. The molecule has 0 aliphatic heterocycles. The number of benzene rings is 1. The maximum Gasteiger partial charge on any atom is 0.573 e. The van der Waals surface area contributed by atoms with Gasteiger partial charge in [-0.25, -0.2) is 9.50 Å². The molecule has 7 nitrogen and oxygen atoms in total. The fourth-order valence-corrected chi connectivity index (χ4v) is 2.81. The summed E-state index contributed by atoms with van der Waals surface area (Å²) in [5.74, 6) is -1.33. The molecular formula is C19H10F6N4O3. The summed E-state index contributed by atoms with van der Waals surface area (Å²) in [7, 11) is 0. The maximum absolute atomic E-state index is 13.5. The van der Waals surface area contributed by atoms with Crippen LogP contribution in [0.1, 0.15) is 16.1 Å². The number of hydrogen-bond acceptors (Lipinski definition) is 5. The van der Waals surface area contributed by atoms with E-state index >= 15 is 0 Å². The van der Waals surface area contributed by atoms with Gasteiger partial charge in [-0.15, -0.1) is 13.2 Å². The summed E-state index contributed by atoms with van der Waals surface area (Å²) < 4.78 is 86.7. The first kappa shape index (κ1) is 21.2. The summed E-state index contributed by atoms with van der Waals surface area (Å²) in [5.41, 5.74) is -1.96. The van der Waals surface area contributed by atoms with Gasteiger partial charge < -0.3 is 14.5 Å². The molecule has 0 unspecified atom stereocenters. The molecule has 0 spiro atoms. The number of furan rings is 1. The molecule has 166 valence electrons. The van der Waals surface area contributed by atoms with E-state index in [1.54, 1.807) is 0 Å². The summed E-state index contributed by atoms with van der Waals surface area (Å²) in [6.45, 7) is 0. The zero-order valence-corrected chi connectivity index (χ0v) is 15.5. The van der Waals surface area contributed by atoms with Gasteiger partial charge in [0, 0.05) is 5.69 Å². The van der Waals surface area contributed by atoms with Crippen LogP contribution in [0.15, 0.2) is 59.3 Å². The second-order valence-electron chi connectivity index (χ2n) is 6.32. The monoisotopic (exact) mass is 456 g/mol. The lowest BCUT2D eigenvalue weighted by atomic mass is 10.2. The van der Waals surface area contributed by atoms with E-state index in [1.807, 2.05) is 0 Å². The number of hydrogen-bond donors (Lipinski definition) is 1. The zero-order chi connectivity index (χ0) is 23.1. The van der Waals surface area contributed by atoms with E-state index in [0.29, 0.717) is 4.52 Å². The lowest BCUT2D eigenvalue weighted by Gasteiger charge is -2.11. The number of nitrogens with one attached hydrogen (secondary N) is 1. The van der Waals surface area contributed by atoms with E-state index in [-0.39, 0.29) is 28.4 Å². The number of nitrogens with zero attached hydrogens (tertiary/aromatic N) is 3. The Bertz CT molecular complexity index is 1260. The largest absolute Gasteiger partial charge is 0.573 e. The summed E-state index contributed by atoms with van der Waals surface area (Å²) in [4.78, 5) is 16.7. The third-order valence-corrected chi connectivity index (χ3v) is 4.13. The van der Waals surface area contributed by atoms with E-state index in [4.69, 9.17) is 4.42 Å². The standard InChI is InChI=1S/C19H10F6N4O3/c20-18(21,22)15-8-13(14-2-1-7-31-14)28-16-12(9-26-29(15)16)17(30)27-10-3-5-11(6-4-10)32-19(23,24)25/h1-9H,(H,27,30). The Labute approximate surface area is 174 Å². The van der Waals surface area contributed by atoms with Gasteiger partial charge in [0.1, 0.15) is 17.0 Å². The molecule has 0 aliphatic carbocycles. The number of aromatic nitrogens is 3. The van der Waals surface area contributed by atoms with E-state index in [1.165, 1.54) is 18.4 Å². The molecule has 1 aromatic carbocycles. The van der Waals surface area contributed by atoms with Crippen molar-refractivity contribution in [2.75, 3.05) is 5.32 Å². The van der Waals surface area contributed by atoms with Crippen molar-refractivity contribution >= 4 is 17.2 Å². The number of carbonyl (C=O) groups is 1. The van der Waals surface area contributed by atoms with Crippen molar-refractivity contribution in [1.82, 2.24) is 14.6 Å². The van der Waals surface area contributed by atoms with Crippen molar-refractivity contribution < 1.29 is 40.3 Å². The molecule has 3 aromatic heterocycles. The van der Waals surface area contributed by atoms with E-state index in [0.717, 1.165) is 36.5 Å². The van der Waals surface area contributed by atoms with Gasteiger partial charge in [-0.2, -0.15) is 18.3 Å². The fourth-order valence-electron chi connectivity index (χ4n) is 2.81. The van der Waals surface area contributed by atoms with Crippen molar-refractivity contribution in [3.63, 3.8) is 0 Å². The van der Waals surface area contributed by atoms with Gasteiger partial charge in [-0.1, -0.05) is 0 Å². The third-order valence-electron chi connectivity index (χ3n) is 4.13.